The first-order chi connectivity index (χ1) is 8.13. The Kier molecular flexibility index (Phi) is 6.70. The quantitative estimate of drug-likeness (QED) is 0.738. The van der Waals surface area contributed by atoms with Crippen molar-refractivity contribution in [3.63, 3.8) is 0 Å². The van der Waals surface area contributed by atoms with Crippen LogP contribution in [0.2, 0.25) is 0 Å². The summed E-state index contributed by atoms with van der Waals surface area (Å²) in [5, 5.41) is 9.19. The number of aliphatic hydroxyl groups is 1. The Balaban J connectivity index is 2.38. The second kappa shape index (κ2) is 7.80. The fourth-order valence-corrected chi connectivity index (χ4v) is 2.27. The minimum absolute atomic E-state index is 0.0818. The van der Waals surface area contributed by atoms with E-state index in [9.17, 15) is 9.90 Å². The summed E-state index contributed by atoms with van der Waals surface area (Å²) in [6, 6.07) is 0. The van der Waals surface area contributed by atoms with Crippen LogP contribution in [0.3, 0.4) is 0 Å². The molecule has 4 nitrogen and oxygen atoms in total. The average Bonchev–Trinajstić information content (AvgIpc) is 2.29. The van der Waals surface area contributed by atoms with E-state index in [1.807, 2.05) is 0 Å². The van der Waals surface area contributed by atoms with Crippen LogP contribution in [0.1, 0.15) is 39.0 Å². The third-order valence-electron chi connectivity index (χ3n) is 3.15. The normalized spacial score (nSPS) is 24.6. The van der Waals surface area contributed by atoms with Gasteiger partial charge in [0.2, 0.25) is 0 Å². The van der Waals surface area contributed by atoms with Crippen molar-refractivity contribution < 1.29 is 19.4 Å². The summed E-state index contributed by atoms with van der Waals surface area (Å²) < 4.78 is 10.7. The number of ketones is 1. The van der Waals surface area contributed by atoms with Gasteiger partial charge in [0.05, 0.1) is 25.4 Å². The van der Waals surface area contributed by atoms with Gasteiger partial charge in [0.1, 0.15) is 5.78 Å². The fraction of sp³-hybridized carbons (Fsp3) is 0.923. The molecule has 0 aromatic rings. The first kappa shape index (κ1) is 14.6. The van der Waals surface area contributed by atoms with E-state index in [1.165, 1.54) is 0 Å². The molecule has 0 aromatic carbocycles. The number of Topliss-reactive ketones (excluding diaryl/α,β-unsaturated/α-hetero) is 1. The third-order valence-corrected chi connectivity index (χ3v) is 3.15. The first-order valence-electron chi connectivity index (χ1n) is 6.44. The minimum atomic E-state index is -0.476. The zero-order valence-corrected chi connectivity index (χ0v) is 10.9. The lowest BCUT2D eigenvalue weighted by Crippen LogP contribution is -2.30. The van der Waals surface area contributed by atoms with E-state index < -0.39 is 6.10 Å². The van der Waals surface area contributed by atoms with Crippen LogP contribution in [-0.2, 0) is 14.3 Å². The van der Waals surface area contributed by atoms with Crippen molar-refractivity contribution in [1.82, 2.24) is 0 Å². The van der Waals surface area contributed by atoms with E-state index in [4.69, 9.17) is 9.47 Å². The molecule has 1 N–H and O–H groups in total. The lowest BCUT2D eigenvalue weighted by atomic mass is 9.84. The van der Waals surface area contributed by atoms with Gasteiger partial charge < -0.3 is 14.6 Å². The minimum Gasteiger partial charge on any atom is -0.391 e. The number of hydrogen-bond donors (Lipinski definition) is 1. The molecule has 1 fully saturated rings. The molecule has 0 amide bonds. The Hall–Kier alpha value is -0.450. The van der Waals surface area contributed by atoms with Crippen molar-refractivity contribution in [1.29, 1.82) is 0 Å². The summed E-state index contributed by atoms with van der Waals surface area (Å²) in [5.74, 6) is 0.482. The molecule has 100 valence electrons. The van der Waals surface area contributed by atoms with Gasteiger partial charge in [0.15, 0.2) is 0 Å². The standard InChI is InChI=1S/C13H24O4/c1-10(14)8-17-12(9-16-2)7-11-5-3-4-6-13(11)15/h10-12,14H,3-9H2,1-2H3. The van der Waals surface area contributed by atoms with Gasteiger partial charge in [-0.2, -0.15) is 0 Å². The van der Waals surface area contributed by atoms with E-state index >= 15 is 0 Å². The molecule has 1 aliphatic rings. The van der Waals surface area contributed by atoms with Gasteiger partial charge in [-0.25, -0.2) is 0 Å². The fourth-order valence-electron chi connectivity index (χ4n) is 2.27. The van der Waals surface area contributed by atoms with Crippen LogP contribution in [0.15, 0.2) is 0 Å². The summed E-state index contributed by atoms with van der Waals surface area (Å²) in [6.07, 6.45) is 4.00. The van der Waals surface area contributed by atoms with Crippen LogP contribution in [0.25, 0.3) is 0 Å². The zero-order chi connectivity index (χ0) is 12.7. The lowest BCUT2D eigenvalue weighted by molar-refractivity contribution is -0.127. The summed E-state index contributed by atoms with van der Waals surface area (Å²) in [5.41, 5.74) is 0. The Morgan fingerprint density at radius 3 is 2.76 bits per heavy atom. The van der Waals surface area contributed by atoms with E-state index in [0.717, 1.165) is 25.7 Å². The molecular weight excluding hydrogens is 220 g/mol. The van der Waals surface area contributed by atoms with Gasteiger partial charge in [-0.1, -0.05) is 6.42 Å². The maximum absolute atomic E-state index is 11.7. The van der Waals surface area contributed by atoms with Crippen molar-refractivity contribution >= 4 is 5.78 Å². The molecule has 17 heavy (non-hydrogen) atoms. The molecule has 0 saturated heterocycles. The molecule has 0 spiro atoms. The predicted molar refractivity (Wildman–Crippen MR) is 64.9 cm³/mol. The number of hydrogen-bond acceptors (Lipinski definition) is 4. The molecule has 0 aromatic heterocycles. The molecule has 1 saturated carbocycles. The van der Waals surface area contributed by atoms with Crippen LogP contribution >= 0.6 is 0 Å². The highest BCUT2D eigenvalue weighted by molar-refractivity contribution is 5.81. The lowest BCUT2D eigenvalue weighted by Gasteiger charge is -2.25. The third kappa shape index (κ3) is 5.61. The largest absolute Gasteiger partial charge is 0.391 e. The monoisotopic (exact) mass is 244 g/mol. The number of aliphatic hydroxyl groups excluding tert-OH is 1. The van der Waals surface area contributed by atoms with Crippen molar-refractivity contribution in [2.75, 3.05) is 20.3 Å². The molecule has 1 rings (SSSR count). The molecule has 0 heterocycles. The first-order valence-corrected chi connectivity index (χ1v) is 6.44. The molecule has 0 radical (unpaired) electrons. The zero-order valence-electron chi connectivity index (χ0n) is 10.9. The van der Waals surface area contributed by atoms with Gasteiger partial charge in [-0.15, -0.1) is 0 Å². The topological polar surface area (TPSA) is 55.8 Å². The molecular formula is C13H24O4. The average molecular weight is 244 g/mol. The number of methoxy groups -OCH3 is 1. The molecule has 3 unspecified atom stereocenters. The van der Waals surface area contributed by atoms with Crippen LogP contribution < -0.4 is 0 Å². The van der Waals surface area contributed by atoms with Crippen LogP contribution in [-0.4, -0.2) is 43.4 Å². The molecule has 1 aliphatic carbocycles. The highest BCUT2D eigenvalue weighted by Gasteiger charge is 2.26. The highest BCUT2D eigenvalue weighted by Crippen LogP contribution is 2.25. The van der Waals surface area contributed by atoms with E-state index in [0.29, 0.717) is 25.4 Å². The van der Waals surface area contributed by atoms with Gasteiger partial charge in [-0.05, 0) is 26.2 Å². The van der Waals surface area contributed by atoms with Crippen molar-refractivity contribution in [3.05, 3.63) is 0 Å². The second-order valence-corrected chi connectivity index (χ2v) is 4.90. The smallest absolute Gasteiger partial charge is 0.136 e. The van der Waals surface area contributed by atoms with Gasteiger partial charge in [0.25, 0.3) is 0 Å². The van der Waals surface area contributed by atoms with Gasteiger partial charge >= 0.3 is 0 Å². The Labute approximate surface area is 103 Å². The summed E-state index contributed by atoms with van der Waals surface area (Å²) >= 11 is 0. The maximum Gasteiger partial charge on any atom is 0.136 e. The number of carbonyl (C=O) groups excluding carboxylic acids is 1. The van der Waals surface area contributed by atoms with Crippen molar-refractivity contribution in [3.8, 4) is 0 Å². The maximum atomic E-state index is 11.7. The van der Waals surface area contributed by atoms with Crippen LogP contribution in [0.5, 0.6) is 0 Å². The van der Waals surface area contributed by atoms with Gasteiger partial charge in [-0.3, -0.25) is 4.79 Å². The summed E-state index contributed by atoms with van der Waals surface area (Å²) in [7, 11) is 1.63. The Bertz CT molecular complexity index is 227. The molecule has 4 heteroatoms. The summed E-state index contributed by atoms with van der Waals surface area (Å²) in [4.78, 5) is 11.7. The predicted octanol–water partition coefficient (Wildman–Crippen LogP) is 1.55. The number of rotatable bonds is 7. The van der Waals surface area contributed by atoms with Crippen LogP contribution in [0, 0.1) is 5.92 Å². The highest BCUT2D eigenvalue weighted by atomic mass is 16.5. The number of ether oxygens (including phenoxy) is 2. The van der Waals surface area contributed by atoms with E-state index in [2.05, 4.69) is 0 Å². The van der Waals surface area contributed by atoms with Crippen molar-refractivity contribution in [2.24, 2.45) is 5.92 Å². The van der Waals surface area contributed by atoms with E-state index in [1.54, 1.807) is 14.0 Å². The number of carbonyl (C=O) groups is 1. The molecule has 0 aliphatic heterocycles. The molecule has 3 atom stereocenters. The SMILES string of the molecule is COCC(CC1CCCCC1=O)OCC(C)O. The Morgan fingerprint density at radius 1 is 1.41 bits per heavy atom. The van der Waals surface area contributed by atoms with Gasteiger partial charge in [0, 0.05) is 19.4 Å². The Morgan fingerprint density at radius 2 is 2.18 bits per heavy atom. The van der Waals surface area contributed by atoms with Crippen molar-refractivity contribution in [2.45, 2.75) is 51.2 Å². The van der Waals surface area contributed by atoms with Crippen LogP contribution in [0.4, 0.5) is 0 Å². The van der Waals surface area contributed by atoms with E-state index in [-0.39, 0.29) is 12.0 Å². The summed E-state index contributed by atoms with van der Waals surface area (Å²) in [6.45, 7) is 2.47. The second-order valence-electron chi connectivity index (χ2n) is 4.90. The molecule has 0 bridgehead atoms.